The van der Waals surface area contributed by atoms with Crippen molar-refractivity contribution in [1.82, 2.24) is 24.4 Å². The fraction of sp³-hybridized carbons (Fsp3) is 0.724. The van der Waals surface area contributed by atoms with Crippen molar-refractivity contribution in [2.24, 2.45) is 5.92 Å². The Labute approximate surface area is 229 Å². The first kappa shape index (κ1) is 29.5. The van der Waals surface area contributed by atoms with Gasteiger partial charge in [-0.15, -0.1) is 0 Å². The SMILES string of the molecule is CC(C)(C)c1cc(C2CCC(F)(F)CC2)nn2cc(C=O)nc12.CN1CCN(C(=O)C2CC(O)C2)CC1(C)C. The van der Waals surface area contributed by atoms with E-state index >= 15 is 0 Å². The molecule has 0 radical (unpaired) electrons. The van der Waals surface area contributed by atoms with Gasteiger partial charge in [-0.1, -0.05) is 20.8 Å². The van der Waals surface area contributed by atoms with Crippen LogP contribution in [0.15, 0.2) is 12.3 Å². The molecule has 39 heavy (non-hydrogen) atoms. The number of likely N-dealkylation sites (N-methyl/N-ethyl adjacent to an activating group) is 1. The highest BCUT2D eigenvalue weighted by Gasteiger charge is 2.40. The molecule has 3 fully saturated rings. The number of hydrogen-bond acceptors (Lipinski definition) is 6. The molecule has 3 aliphatic rings. The van der Waals surface area contributed by atoms with E-state index < -0.39 is 5.92 Å². The van der Waals surface area contributed by atoms with Gasteiger partial charge < -0.3 is 10.0 Å². The minimum atomic E-state index is -2.55. The molecule has 2 saturated carbocycles. The maximum absolute atomic E-state index is 13.4. The Balaban J connectivity index is 0.000000193. The number of aromatic nitrogens is 3. The molecule has 1 amide bonds. The summed E-state index contributed by atoms with van der Waals surface area (Å²) in [7, 11) is 2.11. The molecule has 10 heteroatoms. The van der Waals surface area contributed by atoms with E-state index in [0.717, 1.165) is 30.9 Å². The molecule has 2 aromatic rings. The van der Waals surface area contributed by atoms with Crippen molar-refractivity contribution < 1.29 is 23.5 Å². The number of rotatable bonds is 3. The van der Waals surface area contributed by atoms with Crippen LogP contribution in [-0.4, -0.2) is 85.9 Å². The van der Waals surface area contributed by atoms with Crippen LogP contribution in [-0.2, 0) is 10.2 Å². The summed E-state index contributed by atoms with van der Waals surface area (Å²) in [5.41, 5.74) is 2.67. The molecule has 2 aromatic heterocycles. The zero-order valence-electron chi connectivity index (χ0n) is 24.1. The molecule has 8 nitrogen and oxygen atoms in total. The van der Waals surface area contributed by atoms with Gasteiger partial charge in [-0.05, 0) is 58.1 Å². The maximum Gasteiger partial charge on any atom is 0.248 e. The predicted molar refractivity (Wildman–Crippen MR) is 145 cm³/mol. The third kappa shape index (κ3) is 6.65. The maximum atomic E-state index is 13.4. The lowest BCUT2D eigenvalue weighted by atomic mass is 9.81. The number of hydrogen-bond donors (Lipinski definition) is 1. The van der Waals surface area contributed by atoms with Crippen LogP contribution in [0.2, 0.25) is 0 Å². The second-order valence-corrected chi connectivity index (χ2v) is 13.2. The van der Waals surface area contributed by atoms with Crippen molar-refractivity contribution in [2.45, 2.75) is 102 Å². The summed E-state index contributed by atoms with van der Waals surface area (Å²) >= 11 is 0. The third-order valence-electron chi connectivity index (χ3n) is 8.62. The number of carbonyl (C=O) groups excluding carboxylic acids is 2. The normalized spacial score (nSPS) is 25.5. The molecule has 3 heterocycles. The van der Waals surface area contributed by atoms with Crippen LogP contribution >= 0.6 is 0 Å². The van der Waals surface area contributed by atoms with Gasteiger partial charge in [-0.2, -0.15) is 5.10 Å². The third-order valence-corrected chi connectivity index (χ3v) is 8.62. The second-order valence-electron chi connectivity index (χ2n) is 13.2. The summed E-state index contributed by atoms with van der Waals surface area (Å²) < 4.78 is 28.4. The quantitative estimate of drug-likeness (QED) is 0.572. The van der Waals surface area contributed by atoms with Crippen LogP contribution in [0.25, 0.3) is 5.65 Å². The van der Waals surface area contributed by atoms with E-state index in [1.165, 1.54) is 0 Å². The van der Waals surface area contributed by atoms with Crippen molar-refractivity contribution in [3.63, 3.8) is 0 Å². The van der Waals surface area contributed by atoms with E-state index in [9.17, 15) is 23.5 Å². The lowest BCUT2D eigenvalue weighted by Crippen LogP contribution is -2.60. The minimum Gasteiger partial charge on any atom is -0.393 e. The molecule has 2 aliphatic carbocycles. The highest BCUT2D eigenvalue weighted by molar-refractivity contribution is 5.80. The fourth-order valence-corrected chi connectivity index (χ4v) is 5.63. The topological polar surface area (TPSA) is 91.0 Å². The van der Waals surface area contributed by atoms with Crippen molar-refractivity contribution >= 4 is 17.8 Å². The standard InChI is InChI=1S/C17H21F2N3O.C12H22N2O2/c1-16(2,3)13-8-14(11-4-6-17(18,19)7-5-11)21-22-9-12(10-23)20-15(13)22;1-12(2)8-14(5-4-13(12)3)11(16)9-6-10(15)7-9/h8-11H,4-7H2,1-3H3;9-10,15H,4-8H2,1-3H3. The molecule has 0 spiro atoms. The van der Waals surface area contributed by atoms with Crippen molar-refractivity contribution in [1.29, 1.82) is 0 Å². The summed E-state index contributed by atoms with van der Waals surface area (Å²) in [4.78, 5) is 31.7. The highest BCUT2D eigenvalue weighted by atomic mass is 19.3. The van der Waals surface area contributed by atoms with Gasteiger partial charge in [0, 0.05) is 55.4 Å². The van der Waals surface area contributed by atoms with E-state index in [-0.39, 0.29) is 47.6 Å². The number of aliphatic hydroxyl groups is 1. The summed E-state index contributed by atoms with van der Waals surface area (Å²) in [6.45, 7) is 13.1. The Bertz CT molecular complexity index is 1190. The minimum absolute atomic E-state index is 0.0298. The van der Waals surface area contributed by atoms with Crippen molar-refractivity contribution in [2.75, 3.05) is 26.7 Å². The average Bonchev–Trinajstić information content (AvgIpc) is 3.26. The fourth-order valence-electron chi connectivity index (χ4n) is 5.63. The number of nitrogens with zero attached hydrogens (tertiary/aromatic N) is 5. The van der Waals surface area contributed by atoms with Gasteiger partial charge in [-0.25, -0.2) is 18.3 Å². The Hall–Kier alpha value is -2.46. The Morgan fingerprint density at radius 2 is 1.79 bits per heavy atom. The summed E-state index contributed by atoms with van der Waals surface area (Å²) in [6, 6.07) is 1.98. The lowest BCUT2D eigenvalue weighted by Gasteiger charge is -2.47. The molecule has 0 bridgehead atoms. The summed E-state index contributed by atoms with van der Waals surface area (Å²) in [5, 5.41) is 13.8. The van der Waals surface area contributed by atoms with Crippen LogP contribution < -0.4 is 0 Å². The molecule has 1 N–H and O–H groups in total. The van der Waals surface area contributed by atoms with Gasteiger partial charge in [0.05, 0.1) is 18.0 Å². The average molecular weight is 548 g/mol. The number of amides is 1. The van der Waals surface area contributed by atoms with Crippen LogP contribution in [0.5, 0.6) is 0 Å². The molecule has 1 aliphatic heterocycles. The molecule has 216 valence electrons. The van der Waals surface area contributed by atoms with E-state index in [1.807, 2.05) is 11.0 Å². The predicted octanol–water partition coefficient (Wildman–Crippen LogP) is 4.44. The first-order valence-corrected chi connectivity index (χ1v) is 14.0. The number of aldehydes is 1. The van der Waals surface area contributed by atoms with Crippen LogP contribution in [0.1, 0.15) is 101 Å². The van der Waals surface area contributed by atoms with Crippen molar-refractivity contribution in [3.05, 3.63) is 29.2 Å². The Morgan fingerprint density at radius 1 is 1.15 bits per heavy atom. The number of carbonyl (C=O) groups is 2. The van der Waals surface area contributed by atoms with Gasteiger partial charge in [0.2, 0.25) is 11.8 Å². The zero-order chi connectivity index (χ0) is 28.8. The Morgan fingerprint density at radius 3 is 2.33 bits per heavy atom. The molecule has 5 rings (SSSR count). The zero-order valence-corrected chi connectivity index (χ0v) is 24.1. The number of halogens is 2. The largest absolute Gasteiger partial charge is 0.393 e. The summed E-state index contributed by atoms with van der Waals surface area (Å²) in [6.07, 6.45) is 4.05. The molecule has 1 saturated heterocycles. The smallest absolute Gasteiger partial charge is 0.248 e. The molecular formula is C29H43F2N5O3. The van der Waals surface area contributed by atoms with Gasteiger partial charge in [0.1, 0.15) is 5.69 Å². The van der Waals surface area contributed by atoms with E-state index in [1.54, 1.807) is 10.7 Å². The molecule has 0 aromatic carbocycles. The molecular weight excluding hydrogens is 504 g/mol. The van der Waals surface area contributed by atoms with Gasteiger partial charge in [-0.3, -0.25) is 14.5 Å². The first-order chi connectivity index (χ1) is 18.1. The lowest BCUT2D eigenvalue weighted by molar-refractivity contribution is -0.146. The number of piperazine rings is 1. The number of fused-ring (bicyclic) bond motifs is 1. The van der Waals surface area contributed by atoms with E-state index in [0.29, 0.717) is 43.3 Å². The monoisotopic (exact) mass is 547 g/mol. The number of alkyl halides is 2. The van der Waals surface area contributed by atoms with Crippen LogP contribution in [0.3, 0.4) is 0 Å². The first-order valence-electron chi connectivity index (χ1n) is 14.0. The second kappa shape index (κ2) is 10.8. The van der Waals surface area contributed by atoms with Gasteiger partial charge >= 0.3 is 0 Å². The van der Waals surface area contributed by atoms with Crippen molar-refractivity contribution in [3.8, 4) is 0 Å². The number of aliphatic hydroxyl groups excluding tert-OH is 1. The summed E-state index contributed by atoms with van der Waals surface area (Å²) in [5.74, 6) is -2.20. The molecule has 0 atom stereocenters. The highest BCUT2D eigenvalue weighted by Crippen LogP contribution is 2.41. The van der Waals surface area contributed by atoms with Crippen LogP contribution in [0, 0.1) is 5.92 Å². The Kier molecular flexibility index (Phi) is 8.21. The molecule has 0 unspecified atom stereocenters. The van der Waals surface area contributed by atoms with Crippen LogP contribution in [0.4, 0.5) is 8.78 Å². The van der Waals surface area contributed by atoms with E-state index in [2.05, 4.69) is 56.6 Å². The van der Waals surface area contributed by atoms with Gasteiger partial charge in [0.15, 0.2) is 11.9 Å². The van der Waals surface area contributed by atoms with E-state index in [4.69, 9.17) is 0 Å². The van der Waals surface area contributed by atoms with Gasteiger partial charge in [0.25, 0.3) is 0 Å². The number of imidazole rings is 1.